The number of benzene rings is 9. The third-order valence-corrected chi connectivity index (χ3v) is 14.5. The molecule has 12 aromatic rings. The molecule has 0 bridgehead atoms. The van der Waals surface area contributed by atoms with Gasteiger partial charge in [-0.2, -0.15) is 0 Å². The van der Waals surface area contributed by atoms with Crippen molar-refractivity contribution in [2.24, 2.45) is 0 Å². The Morgan fingerprint density at radius 2 is 0.873 bits per heavy atom. The summed E-state index contributed by atoms with van der Waals surface area (Å²) in [6.07, 6.45) is 0. The lowest BCUT2D eigenvalue weighted by atomic mass is 9.30. The van der Waals surface area contributed by atoms with Crippen LogP contribution in [0, 0.1) is 13.8 Å². The van der Waals surface area contributed by atoms with E-state index in [1.54, 1.807) is 0 Å². The summed E-state index contributed by atoms with van der Waals surface area (Å²) in [5, 5.41) is 6.58. The SMILES string of the molecule is Cc1cc2c(c(-c3ccccc3)c1)Oc1cc3c4c5c1B2c1cc2c6ccccc6oc2c2c6c7oc8ccccc8c7cc(c6n-5c12)B4c1cc(C)cc(-c2ccccc2)c1O3. The van der Waals surface area contributed by atoms with Gasteiger partial charge in [-0.3, -0.25) is 0 Å². The van der Waals surface area contributed by atoms with Crippen LogP contribution in [0.5, 0.6) is 23.0 Å². The van der Waals surface area contributed by atoms with Gasteiger partial charge in [-0.15, -0.1) is 0 Å². The standard InChI is InChI=1S/C56H31B2NO4/c1-28-21-34(30-13-5-3-6-14-30)53-40(23-28)57-38-25-36-32-17-9-11-19-42(32)60-55(36)46-47-51-39(26-37-33-18-10-12-20-43(33)61-56(37)47)58-41-24-29(2)22-35(31-15-7-4-8-16-31)54(41)63-45-27-44(62-53)48(57)52(49(45)58)59(51)50(38)46/h3-27H,1-2H3. The predicted octanol–water partition coefficient (Wildman–Crippen LogP) is 10.4. The molecule has 0 amide bonds. The summed E-state index contributed by atoms with van der Waals surface area (Å²) in [4.78, 5) is 0. The molecule has 0 spiro atoms. The summed E-state index contributed by atoms with van der Waals surface area (Å²) in [6.45, 7) is 4.13. The van der Waals surface area contributed by atoms with Gasteiger partial charge in [-0.25, -0.2) is 0 Å². The van der Waals surface area contributed by atoms with Crippen molar-refractivity contribution in [3.05, 3.63) is 163 Å². The van der Waals surface area contributed by atoms with Crippen molar-refractivity contribution in [2.45, 2.75) is 13.8 Å². The fraction of sp³-hybridized carbons (Fsp3) is 0.0357. The Labute approximate surface area is 360 Å². The number of ether oxygens (including phenoxy) is 2. The topological polar surface area (TPSA) is 49.7 Å². The molecular weight excluding hydrogens is 772 g/mol. The highest BCUT2D eigenvalue weighted by molar-refractivity contribution is 7.03. The number of hydrogen-bond acceptors (Lipinski definition) is 4. The Morgan fingerprint density at radius 3 is 1.35 bits per heavy atom. The summed E-state index contributed by atoms with van der Waals surface area (Å²) in [5.74, 6) is 3.42. The van der Waals surface area contributed by atoms with Crippen molar-refractivity contribution in [3.8, 4) is 50.9 Å². The zero-order valence-electron chi connectivity index (χ0n) is 34.2. The van der Waals surface area contributed by atoms with Crippen LogP contribution in [-0.4, -0.2) is 18.0 Å². The minimum Gasteiger partial charge on any atom is -0.458 e. The summed E-state index contributed by atoms with van der Waals surface area (Å²) in [5.41, 5.74) is 20.9. The van der Waals surface area contributed by atoms with E-state index in [2.05, 4.69) is 170 Å². The zero-order chi connectivity index (χ0) is 41.0. The maximum absolute atomic E-state index is 7.39. The Kier molecular flexibility index (Phi) is 5.80. The van der Waals surface area contributed by atoms with Crippen LogP contribution in [0.1, 0.15) is 11.1 Å². The second-order valence-corrected chi connectivity index (χ2v) is 18.0. The van der Waals surface area contributed by atoms with Gasteiger partial charge in [0, 0.05) is 44.4 Å². The number of fused-ring (bicyclic) bond motifs is 15. The second-order valence-electron chi connectivity index (χ2n) is 18.0. The summed E-state index contributed by atoms with van der Waals surface area (Å²) in [6, 6.07) is 54.5. The molecule has 9 aromatic carbocycles. The van der Waals surface area contributed by atoms with Crippen LogP contribution in [0.15, 0.2) is 160 Å². The van der Waals surface area contributed by atoms with Gasteiger partial charge in [0.1, 0.15) is 45.3 Å². The first-order chi connectivity index (χ1) is 31.1. The van der Waals surface area contributed by atoms with E-state index in [9.17, 15) is 0 Å². The molecule has 16 rings (SSSR count). The molecule has 3 aromatic heterocycles. The lowest BCUT2D eigenvalue weighted by Crippen LogP contribution is -2.65. The molecule has 63 heavy (non-hydrogen) atoms. The molecule has 4 aliphatic heterocycles. The molecule has 0 unspecified atom stereocenters. The largest absolute Gasteiger partial charge is 0.458 e. The summed E-state index contributed by atoms with van der Waals surface area (Å²) < 4.78 is 31.5. The molecular formula is C56H31B2NO4. The van der Waals surface area contributed by atoms with Crippen molar-refractivity contribution in [1.82, 2.24) is 4.57 Å². The molecule has 290 valence electrons. The van der Waals surface area contributed by atoms with E-state index in [-0.39, 0.29) is 13.4 Å². The van der Waals surface area contributed by atoms with E-state index in [4.69, 9.17) is 18.3 Å². The van der Waals surface area contributed by atoms with Gasteiger partial charge >= 0.3 is 0 Å². The Bertz CT molecular complexity index is 3860. The van der Waals surface area contributed by atoms with Crippen LogP contribution in [0.2, 0.25) is 0 Å². The number of nitrogens with zero attached hydrogens (tertiary/aromatic N) is 1. The van der Waals surface area contributed by atoms with Gasteiger partial charge in [0.25, 0.3) is 13.4 Å². The van der Waals surface area contributed by atoms with Crippen molar-refractivity contribution in [1.29, 1.82) is 0 Å². The van der Waals surface area contributed by atoms with Gasteiger partial charge in [0.05, 0.1) is 21.8 Å². The average Bonchev–Trinajstić information content (AvgIpc) is 4.00. The summed E-state index contributed by atoms with van der Waals surface area (Å²) in [7, 11) is 0. The van der Waals surface area contributed by atoms with Crippen molar-refractivity contribution in [3.63, 3.8) is 0 Å². The molecule has 4 aliphatic rings. The van der Waals surface area contributed by atoms with Gasteiger partial charge in [-0.1, -0.05) is 132 Å². The van der Waals surface area contributed by atoms with Crippen molar-refractivity contribution in [2.75, 3.05) is 0 Å². The number of hydrogen-bond donors (Lipinski definition) is 0. The van der Waals surface area contributed by atoms with Crippen LogP contribution in [-0.2, 0) is 0 Å². The number of aryl methyl sites for hydroxylation is 2. The number of furan rings is 2. The van der Waals surface area contributed by atoms with E-state index >= 15 is 0 Å². The van der Waals surface area contributed by atoms with Gasteiger partial charge in [0.2, 0.25) is 0 Å². The zero-order valence-corrected chi connectivity index (χ0v) is 34.2. The maximum Gasteiger partial charge on any atom is 0.256 e. The Hall–Kier alpha value is -7.89. The quantitative estimate of drug-likeness (QED) is 0.163. The van der Waals surface area contributed by atoms with Gasteiger partial charge in [-0.05, 0) is 82.0 Å². The second kappa shape index (κ2) is 11.1. The minimum absolute atomic E-state index is 0.143. The third kappa shape index (κ3) is 3.90. The average molecular weight is 803 g/mol. The molecule has 0 atom stereocenters. The van der Waals surface area contributed by atoms with Crippen LogP contribution < -0.4 is 42.3 Å². The number of para-hydroxylation sites is 2. The predicted molar refractivity (Wildman–Crippen MR) is 258 cm³/mol. The smallest absolute Gasteiger partial charge is 0.256 e. The van der Waals surface area contributed by atoms with E-state index in [0.717, 1.165) is 128 Å². The molecule has 0 saturated heterocycles. The number of aromatic nitrogens is 1. The minimum atomic E-state index is -0.143. The molecule has 0 N–H and O–H groups in total. The van der Waals surface area contributed by atoms with Crippen molar-refractivity contribution < 1.29 is 18.3 Å². The molecule has 7 heteroatoms. The molecule has 0 aliphatic carbocycles. The fourth-order valence-electron chi connectivity index (χ4n) is 12.2. The lowest BCUT2D eigenvalue weighted by molar-refractivity contribution is 0.467. The van der Waals surface area contributed by atoms with Crippen molar-refractivity contribution >= 4 is 112 Å². The van der Waals surface area contributed by atoms with Crippen LogP contribution in [0.25, 0.3) is 93.6 Å². The maximum atomic E-state index is 7.39. The van der Waals surface area contributed by atoms with Crippen LogP contribution in [0.4, 0.5) is 0 Å². The number of rotatable bonds is 2. The van der Waals surface area contributed by atoms with E-state index in [1.165, 1.54) is 33.0 Å². The van der Waals surface area contributed by atoms with E-state index in [1.807, 2.05) is 0 Å². The highest BCUT2D eigenvalue weighted by atomic mass is 16.5. The van der Waals surface area contributed by atoms with Gasteiger partial charge in [0.15, 0.2) is 0 Å². The molecule has 0 fully saturated rings. The highest BCUT2D eigenvalue weighted by Crippen LogP contribution is 2.50. The first kappa shape index (κ1) is 32.8. The Balaban J connectivity index is 1.16. The normalized spacial score (nSPS) is 13.7. The highest BCUT2D eigenvalue weighted by Gasteiger charge is 2.50. The molecule has 0 saturated carbocycles. The lowest BCUT2D eigenvalue weighted by Gasteiger charge is -2.41. The van der Waals surface area contributed by atoms with Gasteiger partial charge < -0.3 is 22.9 Å². The third-order valence-electron chi connectivity index (χ3n) is 14.5. The molecule has 5 nitrogen and oxygen atoms in total. The summed E-state index contributed by atoms with van der Waals surface area (Å²) >= 11 is 0. The van der Waals surface area contributed by atoms with Crippen LogP contribution in [0.3, 0.4) is 0 Å². The monoisotopic (exact) mass is 803 g/mol. The fourth-order valence-corrected chi connectivity index (χ4v) is 12.2. The van der Waals surface area contributed by atoms with Crippen LogP contribution >= 0.6 is 0 Å². The van der Waals surface area contributed by atoms with E-state index in [0.29, 0.717) is 0 Å². The first-order valence-electron chi connectivity index (χ1n) is 21.8. The first-order valence-corrected chi connectivity index (χ1v) is 21.8. The molecule has 7 heterocycles. The molecule has 0 radical (unpaired) electrons. The Morgan fingerprint density at radius 1 is 0.429 bits per heavy atom. The van der Waals surface area contributed by atoms with E-state index < -0.39 is 0 Å².